The molecule has 0 spiro atoms. The molecule has 1 fully saturated rings. The number of cyclic esters (lactones) is 1. The van der Waals surface area contributed by atoms with Gasteiger partial charge in [0.1, 0.15) is 23.6 Å². The highest BCUT2D eigenvalue weighted by Gasteiger charge is 2.37. The topological polar surface area (TPSA) is 147 Å². The number of halogens is 1. The average Bonchev–Trinajstić information content (AvgIpc) is 3.47. The first-order chi connectivity index (χ1) is 18.3. The summed E-state index contributed by atoms with van der Waals surface area (Å²) < 4.78 is 21.7. The minimum Gasteiger partial charge on any atom is -0.465 e. The molecule has 0 aliphatic carbocycles. The van der Waals surface area contributed by atoms with E-state index in [9.17, 15) is 28.7 Å². The molecule has 0 radical (unpaired) electrons. The molecular weight excluding hydrogens is 519 g/mol. The molecule has 0 bridgehead atoms. The number of rotatable bonds is 6. The van der Waals surface area contributed by atoms with Gasteiger partial charge in [0, 0.05) is 12.1 Å². The van der Waals surface area contributed by atoms with Gasteiger partial charge in [-0.15, -0.1) is 11.8 Å². The molecule has 3 amide bonds. The minimum atomic E-state index is -1.25. The highest BCUT2D eigenvalue weighted by Crippen LogP contribution is 2.37. The lowest BCUT2D eigenvalue weighted by atomic mass is 10.1. The molecule has 1 unspecified atom stereocenters. The monoisotopic (exact) mass is 540 g/mol. The van der Waals surface area contributed by atoms with E-state index >= 15 is 0 Å². The predicted octanol–water partition coefficient (Wildman–Crippen LogP) is 2.82. The third kappa shape index (κ3) is 4.10. The molecule has 6 rings (SSSR count). The molecule has 12 nitrogen and oxygen atoms in total. The number of carboxylic acid groups (broad SMARTS) is 1. The van der Waals surface area contributed by atoms with Gasteiger partial charge in [-0.05, 0) is 37.1 Å². The number of ether oxygens (including phenoxy) is 1. The zero-order valence-corrected chi connectivity index (χ0v) is 20.6. The van der Waals surface area contributed by atoms with Crippen LogP contribution < -0.4 is 15.8 Å². The summed E-state index contributed by atoms with van der Waals surface area (Å²) in [6.07, 6.45) is -0.505. The Bertz CT molecular complexity index is 1560. The maximum atomic E-state index is 14.8. The fourth-order valence-corrected chi connectivity index (χ4v) is 5.87. The number of anilines is 2. The van der Waals surface area contributed by atoms with E-state index in [2.05, 4.69) is 15.3 Å². The Kier molecular flexibility index (Phi) is 5.90. The number of aromatic nitrogens is 3. The Labute approximate surface area is 218 Å². The second-order valence-electron chi connectivity index (χ2n) is 9.14. The Hall–Kier alpha value is -4.20. The first-order valence-electron chi connectivity index (χ1n) is 11.9. The molecule has 38 heavy (non-hydrogen) atoms. The van der Waals surface area contributed by atoms with Crippen LogP contribution in [0.4, 0.5) is 25.6 Å². The standard InChI is InChI=1S/C24H21FN6O6S/c25-13-3-4-14-21-20(13)15(10-31(21)19(33)8-26-14)29(23(34)35)7-1-2-12-9-30(24(36)37-12)17-6-5-16-22(27-17)28-18(32)11-38-16/h3-6,8,12,15H,1-2,7,9-11H2,(H,34,35)(H,27,28,32)/t12-,15?/m1/s1. The highest BCUT2D eigenvalue weighted by atomic mass is 32.2. The van der Waals surface area contributed by atoms with E-state index < -0.39 is 35.7 Å². The van der Waals surface area contributed by atoms with Gasteiger partial charge in [0.2, 0.25) is 5.91 Å². The minimum absolute atomic E-state index is 0.00850. The van der Waals surface area contributed by atoms with Crippen molar-refractivity contribution >= 4 is 52.5 Å². The van der Waals surface area contributed by atoms with Crippen molar-refractivity contribution in [1.29, 1.82) is 0 Å². The summed E-state index contributed by atoms with van der Waals surface area (Å²) in [5, 5.41) is 12.6. The van der Waals surface area contributed by atoms with E-state index in [1.807, 2.05) is 0 Å². The summed E-state index contributed by atoms with van der Waals surface area (Å²) in [4.78, 5) is 60.5. The summed E-state index contributed by atoms with van der Waals surface area (Å²) in [6, 6.07) is 5.27. The van der Waals surface area contributed by atoms with Crippen molar-refractivity contribution in [3.8, 4) is 0 Å². The first-order valence-corrected chi connectivity index (χ1v) is 12.9. The summed E-state index contributed by atoms with van der Waals surface area (Å²) in [7, 11) is 0. The summed E-state index contributed by atoms with van der Waals surface area (Å²) in [6.45, 7) is 0.245. The van der Waals surface area contributed by atoms with E-state index in [1.165, 1.54) is 33.4 Å². The van der Waals surface area contributed by atoms with Crippen LogP contribution in [0.3, 0.4) is 0 Å². The van der Waals surface area contributed by atoms with E-state index in [0.717, 1.165) is 16.0 Å². The van der Waals surface area contributed by atoms with E-state index in [-0.39, 0.29) is 31.1 Å². The van der Waals surface area contributed by atoms with Gasteiger partial charge in [0.15, 0.2) is 0 Å². The normalized spacial score (nSPS) is 19.9. The zero-order chi connectivity index (χ0) is 26.6. The van der Waals surface area contributed by atoms with Crippen LogP contribution in [-0.2, 0) is 16.1 Å². The van der Waals surface area contributed by atoms with Crippen molar-refractivity contribution < 1.29 is 28.6 Å². The van der Waals surface area contributed by atoms with Crippen molar-refractivity contribution in [1.82, 2.24) is 19.4 Å². The van der Waals surface area contributed by atoms with E-state index in [1.54, 1.807) is 12.1 Å². The molecule has 1 aromatic carbocycles. The Balaban J connectivity index is 1.13. The van der Waals surface area contributed by atoms with Crippen molar-refractivity contribution in [2.45, 2.75) is 36.4 Å². The largest absolute Gasteiger partial charge is 0.465 e. The number of amides is 3. The SMILES string of the molecule is O=C1CSc2ccc(N3C[C@@H](CCCN(C(=O)O)C4Cn5c(=O)cnc6ccc(F)c4c65)OC3=O)nc2N1. The number of carbonyl (C=O) groups excluding carboxylic acids is 2. The van der Waals surface area contributed by atoms with Crippen molar-refractivity contribution in [3.63, 3.8) is 0 Å². The second-order valence-corrected chi connectivity index (χ2v) is 10.2. The van der Waals surface area contributed by atoms with Crippen LogP contribution >= 0.6 is 11.8 Å². The Morgan fingerprint density at radius 3 is 2.89 bits per heavy atom. The number of hydrogen-bond donors (Lipinski definition) is 2. The fourth-order valence-electron chi connectivity index (χ4n) is 5.12. The van der Waals surface area contributed by atoms with Gasteiger partial charge in [-0.2, -0.15) is 0 Å². The molecule has 14 heteroatoms. The molecular formula is C24H21FN6O6S. The summed E-state index contributed by atoms with van der Waals surface area (Å²) in [5.74, 6) is 0.278. The van der Waals surface area contributed by atoms with Gasteiger partial charge in [-0.3, -0.25) is 19.4 Å². The fraction of sp³-hybridized carbons (Fsp3) is 0.333. The molecule has 2 aromatic heterocycles. The van der Waals surface area contributed by atoms with Crippen molar-refractivity contribution in [2.75, 3.05) is 29.1 Å². The highest BCUT2D eigenvalue weighted by molar-refractivity contribution is 8.00. The third-order valence-corrected chi connectivity index (χ3v) is 7.89. The van der Waals surface area contributed by atoms with Gasteiger partial charge in [-0.25, -0.2) is 23.9 Å². The third-order valence-electron chi connectivity index (χ3n) is 6.84. The van der Waals surface area contributed by atoms with Crippen LogP contribution in [0.15, 0.2) is 40.2 Å². The van der Waals surface area contributed by atoms with E-state index in [0.29, 0.717) is 41.3 Å². The molecule has 3 aliphatic rings. The van der Waals surface area contributed by atoms with Crippen LogP contribution in [0.2, 0.25) is 0 Å². The molecule has 5 heterocycles. The lowest BCUT2D eigenvalue weighted by Gasteiger charge is -2.27. The molecule has 1 saturated heterocycles. The van der Waals surface area contributed by atoms with E-state index in [4.69, 9.17) is 4.74 Å². The average molecular weight is 541 g/mol. The van der Waals surface area contributed by atoms with Crippen molar-refractivity contribution in [2.24, 2.45) is 0 Å². The van der Waals surface area contributed by atoms with Crippen LogP contribution in [0.1, 0.15) is 24.4 Å². The number of nitrogens with zero attached hydrogens (tertiary/aromatic N) is 5. The van der Waals surface area contributed by atoms with Crippen LogP contribution in [0.25, 0.3) is 11.0 Å². The number of benzene rings is 1. The molecule has 2 atom stereocenters. The van der Waals surface area contributed by atoms with Gasteiger partial charge in [0.05, 0.1) is 47.0 Å². The maximum absolute atomic E-state index is 14.8. The van der Waals surface area contributed by atoms with Gasteiger partial charge in [-0.1, -0.05) is 0 Å². The number of thioether (sulfide) groups is 1. The number of fused-ring (bicyclic) bond motifs is 1. The van der Waals surface area contributed by atoms with Crippen molar-refractivity contribution in [3.05, 3.63) is 52.2 Å². The molecule has 0 saturated carbocycles. The number of pyridine rings is 1. The number of carbonyl (C=O) groups is 3. The smallest absolute Gasteiger partial charge is 0.415 e. The van der Waals surface area contributed by atoms with Crippen LogP contribution in [0.5, 0.6) is 0 Å². The quantitative estimate of drug-likeness (QED) is 0.482. The number of nitrogens with one attached hydrogen (secondary N) is 1. The molecule has 196 valence electrons. The lowest BCUT2D eigenvalue weighted by Crippen LogP contribution is -2.36. The maximum Gasteiger partial charge on any atom is 0.415 e. The van der Waals surface area contributed by atoms with Gasteiger partial charge in [0.25, 0.3) is 5.56 Å². The van der Waals surface area contributed by atoms with Gasteiger partial charge < -0.3 is 19.7 Å². The number of hydrogen-bond acceptors (Lipinski definition) is 8. The molecule has 3 aromatic rings. The first kappa shape index (κ1) is 24.2. The van der Waals surface area contributed by atoms with Crippen LogP contribution in [-0.4, -0.2) is 67.6 Å². The Morgan fingerprint density at radius 1 is 1.24 bits per heavy atom. The lowest BCUT2D eigenvalue weighted by molar-refractivity contribution is -0.113. The zero-order valence-electron chi connectivity index (χ0n) is 19.8. The van der Waals surface area contributed by atoms with Gasteiger partial charge >= 0.3 is 12.2 Å². The predicted molar refractivity (Wildman–Crippen MR) is 134 cm³/mol. The summed E-state index contributed by atoms with van der Waals surface area (Å²) >= 11 is 1.36. The molecule has 2 N–H and O–H groups in total. The van der Waals surface area contributed by atoms with Crippen LogP contribution in [0, 0.1) is 5.82 Å². The second kappa shape index (κ2) is 9.28. The molecule has 3 aliphatic heterocycles. The Morgan fingerprint density at radius 2 is 2.08 bits per heavy atom. The summed E-state index contributed by atoms with van der Waals surface area (Å²) in [5.41, 5.74) is 0.434.